The molecule has 182 valence electrons. The topological polar surface area (TPSA) is 9.23 Å². The van der Waals surface area contributed by atoms with Crippen LogP contribution in [0.15, 0.2) is 30.3 Å². The predicted octanol–water partition coefficient (Wildman–Crippen LogP) is 8.37. The van der Waals surface area contributed by atoms with Crippen LogP contribution in [0.2, 0.25) is 0 Å². The molecule has 3 fully saturated rings. The Balaban J connectivity index is 0.000000433. The second kappa shape index (κ2) is 17.6. The summed E-state index contributed by atoms with van der Waals surface area (Å²) in [5.41, 5.74) is 0.826. The van der Waals surface area contributed by atoms with Crippen molar-refractivity contribution in [3.05, 3.63) is 101 Å². The quantitative estimate of drug-likeness (QED) is 0.220. The molecule has 2 saturated carbocycles. The minimum atomic E-state index is 0. The van der Waals surface area contributed by atoms with Crippen molar-refractivity contribution in [2.24, 2.45) is 0 Å². The second-order valence-corrected chi connectivity index (χ2v) is 9.06. The molecule has 2 heteroatoms. The Morgan fingerprint density at radius 2 is 0.794 bits per heavy atom. The predicted molar refractivity (Wildman–Crippen MR) is 142 cm³/mol. The zero-order valence-electron chi connectivity index (χ0n) is 23.1. The fraction of sp³-hybridized carbons (Fsp3) is 0.438. The van der Waals surface area contributed by atoms with Gasteiger partial charge in [0.1, 0.15) is 0 Å². The van der Waals surface area contributed by atoms with Gasteiger partial charge in [-0.3, -0.25) is 5.92 Å². The first kappa shape index (κ1) is 34.1. The normalized spacial score (nSPS) is 22.1. The smallest absolute Gasteiger partial charge is 0.0466 e. The van der Waals surface area contributed by atoms with Crippen molar-refractivity contribution in [3.8, 4) is 5.92 Å². The molecular formula is C32H43CeO-. The molecule has 3 aliphatic rings. The standard InChI is InChI=1S/2C10H15.C8H5.C4H8O.Ce/c2*1-6-7(2)9(4)10(5)8(6)3;1-2-8-6-4-3-5-7-8;1-2-4-5-3-1;/h2*1-5H3;3-7H;1-4H2;/q;;-1;;. The Hall–Kier alpha value is 0.117. The zero-order valence-corrected chi connectivity index (χ0v) is 26.3. The van der Waals surface area contributed by atoms with Crippen LogP contribution in [0.1, 0.15) is 87.6 Å². The second-order valence-electron chi connectivity index (χ2n) is 9.06. The molecule has 4 rings (SSSR count). The van der Waals surface area contributed by atoms with Crippen LogP contribution in [-0.4, -0.2) is 13.2 Å². The van der Waals surface area contributed by atoms with Gasteiger partial charge in [-0.05, 0) is 72.0 Å². The third-order valence-electron chi connectivity index (χ3n) is 7.37. The minimum Gasteiger partial charge on any atom is -0.381 e. The first-order valence-corrected chi connectivity index (χ1v) is 12.0. The van der Waals surface area contributed by atoms with Gasteiger partial charge in [0.25, 0.3) is 0 Å². The van der Waals surface area contributed by atoms with Crippen molar-refractivity contribution in [2.75, 3.05) is 13.2 Å². The van der Waals surface area contributed by atoms with Crippen LogP contribution < -0.4 is 0 Å². The zero-order chi connectivity index (χ0) is 25.1. The van der Waals surface area contributed by atoms with Crippen LogP contribution in [0.3, 0.4) is 0 Å². The van der Waals surface area contributed by atoms with Crippen molar-refractivity contribution in [1.82, 2.24) is 0 Å². The Morgan fingerprint density at radius 1 is 0.529 bits per heavy atom. The van der Waals surface area contributed by atoms with E-state index in [9.17, 15) is 0 Å². The van der Waals surface area contributed by atoms with E-state index in [4.69, 9.17) is 11.2 Å². The van der Waals surface area contributed by atoms with Crippen LogP contribution in [-0.2, 0) is 4.74 Å². The van der Waals surface area contributed by atoms with Gasteiger partial charge in [-0.1, -0.05) is 87.4 Å². The molecule has 0 spiro atoms. The van der Waals surface area contributed by atoms with Gasteiger partial charge in [0.05, 0.1) is 0 Å². The molecule has 1 saturated heterocycles. The molecule has 1 aromatic carbocycles. The van der Waals surface area contributed by atoms with Crippen molar-refractivity contribution < 1.29 is 46.5 Å². The van der Waals surface area contributed by atoms with E-state index in [-0.39, 0.29) is 41.7 Å². The summed E-state index contributed by atoms with van der Waals surface area (Å²) in [6.07, 6.45) is 9.25. The first-order valence-electron chi connectivity index (χ1n) is 12.0. The maximum absolute atomic E-state index is 6.69. The van der Waals surface area contributed by atoms with Gasteiger partial charge in [0, 0.05) is 55.0 Å². The Morgan fingerprint density at radius 3 is 0.941 bits per heavy atom. The number of benzene rings is 1. The van der Waals surface area contributed by atoms with E-state index in [2.05, 4.69) is 75.2 Å². The molecule has 34 heavy (non-hydrogen) atoms. The fourth-order valence-corrected chi connectivity index (χ4v) is 3.84. The molecule has 1 aliphatic heterocycles. The van der Waals surface area contributed by atoms with Gasteiger partial charge in [-0.2, -0.15) is 0 Å². The first-order chi connectivity index (χ1) is 15.5. The molecule has 1 aromatic rings. The molecular weight excluding hydrogens is 540 g/mol. The van der Waals surface area contributed by atoms with Crippen LogP contribution in [0, 0.1) is 113 Å². The van der Waals surface area contributed by atoms with Crippen molar-refractivity contribution in [3.63, 3.8) is 0 Å². The summed E-state index contributed by atoms with van der Waals surface area (Å²) >= 11 is 0. The fourth-order valence-electron chi connectivity index (χ4n) is 3.84. The van der Waals surface area contributed by atoms with Gasteiger partial charge < -0.3 is 11.2 Å². The van der Waals surface area contributed by atoms with Crippen LogP contribution in [0.4, 0.5) is 0 Å². The van der Waals surface area contributed by atoms with E-state index in [0.717, 1.165) is 18.8 Å². The average Bonchev–Trinajstić information content (AvgIpc) is 3.53. The third kappa shape index (κ3) is 10.2. The van der Waals surface area contributed by atoms with Crippen molar-refractivity contribution >= 4 is 0 Å². The molecule has 1 nitrogen and oxygen atoms in total. The molecule has 0 unspecified atom stereocenters. The minimum absolute atomic E-state index is 0. The van der Waals surface area contributed by atoms with Gasteiger partial charge in [-0.15, -0.1) is 17.7 Å². The third-order valence-corrected chi connectivity index (χ3v) is 7.37. The molecule has 1 heterocycles. The van der Waals surface area contributed by atoms with Crippen LogP contribution in [0.5, 0.6) is 0 Å². The summed E-state index contributed by atoms with van der Waals surface area (Å²) in [6.45, 7) is 24.0. The maximum atomic E-state index is 6.69. The molecule has 10 radical (unpaired) electrons. The summed E-state index contributed by atoms with van der Waals surface area (Å²) in [7, 11) is 0. The number of hydrogen-bond acceptors (Lipinski definition) is 1. The number of ether oxygens (including phenoxy) is 1. The summed E-state index contributed by atoms with van der Waals surface area (Å²) in [4.78, 5) is 0. The van der Waals surface area contributed by atoms with Crippen LogP contribution >= 0.6 is 0 Å². The molecule has 0 bridgehead atoms. The van der Waals surface area contributed by atoms with Gasteiger partial charge >= 0.3 is 0 Å². The molecule has 0 aromatic heterocycles. The summed E-state index contributed by atoms with van der Waals surface area (Å²) in [5, 5.41) is 0. The van der Waals surface area contributed by atoms with E-state index < -0.39 is 0 Å². The van der Waals surface area contributed by atoms with E-state index in [1.807, 2.05) is 30.3 Å². The van der Waals surface area contributed by atoms with E-state index >= 15 is 0 Å². The maximum Gasteiger partial charge on any atom is 0.0466 e. The monoisotopic (exact) mass is 583 g/mol. The van der Waals surface area contributed by atoms with E-state index in [0.29, 0.717) is 0 Å². The largest absolute Gasteiger partial charge is 0.381 e. The SMILES string of the molecule is C1CCOC1.C[C]1[C](C)[C](C)[C](C)[C]1C.C[C]1[C](C)[C](C)[C](C)[C]1C.[C-]#Cc1ccccc1.[Ce]. The van der Waals surface area contributed by atoms with E-state index in [1.165, 1.54) is 72.0 Å². The van der Waals surface area contributed by atoms with Gasteiger partial charge in [-0.25, -0.2) is 0 Å². The summed E-state index contributed by atoms with van der Waals surface area (Å²) < 4.78 is 4.94. The van der Waals surface area contributed by atoms with Crippen molar-refractivity contribution in [1.29, 1.82) is 0 Å². The Kier molecular flexibility index (Phi) is 17.6. The number of rotatable bonds is 0. The molecule has 0 amide bonds. The summed E-state index contributed by atoms with van der Waals surface area (Å²) in [6, 6.07) is 9.37. The van der Waals surface area contributed by atoms with E-state index in [1.54, 1.807) is 0 Å². The molecule has 0 N–H and O–H groups in total. The Labute approximate surface area is 247 Å². The summed E-state index contributed by atoms with van der Waals surface area (Å²) in [5.74, 6) is 17.0. The van der Waals surface area contributed by atoms with Gasteiger partial charge in [0.15, 0.2) is 0 Å². The van der Waals surface area contributed by atoms with Crippen LogP contribution in [0.25, 0.3) is 0 Å². The Bertz CT molecular complexity index is 549. The molecule has 2 aliphatic carbocycles. The van der Waals surface area contributed by atoms with Gasteiger partial charge in [0.2, 0.25) is 0 Å². The average molecular weight is 584 g/mol. The number of hydrogen-bond donors (Lipinski definition) is 0. The molecule has 0 atom stereocenters. The van der Waals surface area contributed by atoms with Crippen molar-refractivity contribution in [2.45, 2.75) is 82.1 Å².